The molecule has 1 aliphatic carbocycles. The lowest BCUT2D eigenvalue weighted by Crippen LogP contribution is -2.30. The van der Waals surface area contributed by atoms with Crippen LogP contribution in [0.5, 0.6) is 0 Å². The Kier molecular flexibility index (Phi) is 3.40. The van der Waals surface area contributed by atoms with E-state index in [1.54, 1.807) is 12.1 Å². The van der Waals surface area contributed by atoms with Crippen LogP contribution in [-0.2, 0) is 10.2 Å². The van der Waals surface area contributed by atoms with Gasteiger partial charge in [0, 0.05) is 11.3 Å². The van der Waals surface area contributed by atoms with Crippen molar-refractivity contribution in [1.82, 2.24) is 0 Å². The third-order valence-corrected chi connectivity index (χ3v) is 4.54. The van der Waals surface area contributed by atoms with Crippen LogP contribution in [0.15, 0.2) is 54.6 Å². The fourth-order valence-corrected chi connectivity index (χ4v) is 3.03. The van der Waals surface area contributed by atoms with E-state index in [0.29, 0.717) is 5.92 Å². The van der Waals surface area contributed by atoms with Gasteiger partial charge in [-0.05, 0) is 49.4 Å². The van der Waals surface area contributed by atoms with E-state index in [0.717, 1.165) is 12.0 Å². The summed E-state index contributed by atoms with van der Waals surface area (Å²) in [6, 6.07) is 16.5. The van der Waals surface area contributed by atoms with Gasteiger partial charge in [-0.3, -0.25) is 4.79 Å². The summed E-state index contributed by atoms with van der Waals surface area (Å²) in [5.41, 5.74) is 1.56. The van der Waals surface area contributed by atoms with Crippen LogP contribution in [0.1, 0.15) is 37.3 Å². The molecule has 2 unspecified atom stereocenters. The number of ketones is 1. The maximum atomic E-state index is 13.0. The normalized spacial score (nSPS) is 21.1. The molecule has 1 fully saturated rings. The van der Waals surface area contributed by atoms with Gasteiger partial charge in [-0.2, -0.15) is 0 Å². The summed E-state index contributed by atoms with van der Waals surface area (Å²) in [6.45, 7) is 3.87. The highest BCUT2D eigenvalue weighted by molar-refractivity contribution is 5.94. The van der Waals surface area contributed by atoms with E-state index in [1.807, 2.05) is 32.0 Å². The minimum atomic E-state index is -0.568. The Labute approximate surface area is 124 Å². The molecule has 2 heteroatoms. The smallest absolute Gasteiger partial charge is 0.146 e. The zero-order valence-corrected chi connectivity index (χ0v) is 12.3. The Morgan fingerprint density at radius 1 is 1.05 bits per heavy atom. The first kappa shape index (κ1) is 14.0. The first-order chi connectivity index (χ1) is 10.00. The molecular weight excluding hydrogens is 263 g/mol. The molecule has 0 spiro atoms. The first-order valence-electron chi connectivity index (χ1n) is 7.35. The van der Waals surface area contributed by atoms with Crippen molar-refractivity contribution in [1.29, 1.82) is 0 Å². The zero-order chi connectivity index (χ0) is 15.0. The Morgan fingerprint density at radius 2 is 1.67 bits per heavy atom. The molecule has 0 heterocycles. The molecule has 108 valence electrons. The third-order valence-electron chi connectivity index (χ3n) is 4.54. The van der Waals surface area contributed by atoms with E-state index in [1.165, 1.54) is 17.7 Å². The fraction of sp³-hybridized carbons (Fsp3) is 0.316. The average Bonchev–Trinajstić information content (AvgIpc) is 3.28. The fourth-order valence-electron chi connectivity index (χ4n) is 3.03. The molecule has 3 rings (SSSR count). The number of carbonyl (C=O) groups is 1. The van der Waals surface area contributed by atoms with E-state index in [9.17, 15) is 9.18 Å². The molecule has 0 bridgehead atoms. The van der Waals surface area contributed by atoms with Crippen LogP contribution >= 0.6 is 0 Å². The van der Waals surface area contributed by atoms with Gasteiger partial charge in [0.1, 0.15) is 11.6 Å². The minimum absolute atomic E-state index is 0.0902. The quantitative estimate of drug-likeness (QED) is 0.808. The number of hydrogen-bond acceptors (Lipinski definition) is 1. The molecule has 0 saturated heterocycles. The summed E-state index contributed by atoms with van der Waals surface area (Å²) >= 11 is 0. The second kappa shape index (κ2) is 5.10. The van der Waals surface area contributed by atoms with Crippen molar-refractivity contribution in [3.63, 3.8) is 0 Å². The number of rotatable bonds is 4. The lowest BCUT2D eigenvalue weighted by molar-refractivity contribution is -0.124. The number of Topliss-reactive ketones (excluding diaryl/α,β-unsaturated/α-hetero) is 1. The highest BCUT2D eigenvalue weighted by atomic mass is 19.1. The van der Waals surface area contributed by atoms with Gasteiger partial charge in [0.25, 0.3) is 0 Å². The van der Waals surface area contributed by atoms with Gasteiger partial charge in [0.2, 0.25) is 0 Å². The van der Waals surface area contributed by atoms with Crippen LogP contribution in [0.25, 0.3) is 0 Å². The minimum Gasteiger partial charge on any atom is -0.298 e. The van der Waals surface area contributed by atoms with Gasteiger partial charge in [0.05, 0.1) is 0 Å². The second-order valence-electron chi connectivity index (χ2n) is 6.36. The molecule has 2 atom stereocenters. The van der Waals surface area contributed by atoms with Crippen molar-refractivity contribution in [3.05, 3.63) is 71.5 Å². The summed E-state index contributed by atoms with van der Waals surface area (Å²) in [4.78, 5) is 12.8. The van der Waals surface area contributed by atoms with E-state index >= 15 is 0 Å². The SMILES string of the molecule is CC(C)(C(=O)C1CC1c1ccccc1)c1ccc(F)cc1. The van der Waals surface area contributed by atoms with E-state index < -0.39 is 5.41 Å². The summed E-state index contributed by atoms with van der Waals surface area (Å²) in [7, 11) is 0. The van der Waals surface area contributed by atoms with Crippen molar-refractivity contribution in [2.45, 2.75) is 31.6 Å². The van der Waals surface area contributed by atoms with Crippen LogP contribution in [0.4, 0.5) is 4.39 Å². The lowest BCUT2D eigenvalue weighted by Gasteiger charge is -2.24. The van der Waals surface area contributed by atoms with E-state index in [-0.39, 0.29) is 17.5 Å². The summed E-state index contributed by atoms with van der Waals surface area (Å²) in [6.07, 6.45) is 0.924. The predicted octanol–water partition coefficient (Wildman–Crippen LogP) is 4.48. The Bertz CT molecular complexity index is 643. The van der Waals surface area contributed by atoms with Crippen molar-refractivity contribution >= 4 is 5.78 Å². The standard InChI is InChI=1S/C19H19FO/c1-19(2,14-8-10-15(20)11-9-14)18(21)17-12-16(17)13-6-4-3-5-7-13/h3-11,16-17H,12H2,1-2H3. The Morgan fingerprint density at radius 3 is 2.29 bits per heavy atom. The molecule has 0 radical (unpaired) electrons. The molecule has 0 aliphatic heterocycles. The third kappa shape index (κ3) is 2.63. The Hall–Kier alpha value is -1.96. The maximum Gasteiger partial charge on any atom is 0.146 e. The summed E-state index contributed by atoms with van der Waals surface area (Å²) < 4.78 is 13.0. The molecule has 1 nitrogen and oxygen atoms in total. The second-order valence-corrected chi connectivity index (χ2v) is 6.36. The van der Waals surface area contributed by atoms with E-state index in [4.69, 9.17) is 0 Å². The largest absolute Gasteiger partial charge is 0.298 e. The summed E-state index contributed by atoms with van der Waals surface area (Å²) in [5.74, 6) is 0.421. The van der Waals surface area contributed by atoms with Crippen LogP contribution in [0.2, 0.25) is 0 Å². The molecule has 21 heavy (non-hydrogen) atoms. The molecule has 0 N–H and O–H groups in total. The van der Waals surface area contributed by atoms with Crippen LogP contribution in [-0.4, -0.2) is 5.78 Å². The molecular formula is C19H19FO. The Balaban J connectivity index is 1.78. The topological polar surface area (TPSA) is 17.1 Å². The monoisotopic (exact) mass is 282 g/mol. The van der Waals surface area contributed by atoms with Gasteiger partial charge < -0.3 is 0 Å². The van der Waals surface area contributed by atoms with Crippen molar-refractivity contribution in [3.8, 4) is 0 Å². The molecule has 0 aromatic heterocycles. The van der Waals surface area contributed by atoms with E-state index in [2.05, 4.69) is 12.1 Å². The average molecular weight is 282 g/mol. The number of halogens is 1. The van der Waals surface area contributed by atoms with Crippen LogP contribution in [0.3, 0.4) is 0 Å². The van der Waals surface area contributed by atoms with Crippen molar-refractivity contribution in [2.24, 2.45) is 5.92 Å². The molecule has 2 aromatic carbocycles. The van der Waals surface area contributed by atoms with Crippen LogP contribution in [0, 0.1) is 11.7 Å². The van der Waals surface area contributed by atoms with Gasteiger partial charge in [-0.25, -0.2) is 4.39 Å². The van der Waals surface area contributed by atoms with Gasteiger partial charge >= 0.3 is 0 Å². The molecule has 0 amide bonds. The highest BCUT2D eigenvalue weighted by Gasteiger charge is 2.48. The zero-order valence-electron chi connectivity index (χ0n) is 12.3. The van der Waals surface area contributed by atoms with Crippen molar-refractivity contribution < 1.29 is 9.18 Å². The lowest BCUT2D eigenvalue weighted by atomic mass is 9.78. The first-order valence-corrected chi connectivity index (χ1v) is 7.35. The maximum absolute atomic E-state index is 13.0. The molecule has 2 aromatic rings. The highest BCUT2D eigenvalue weighted by Crippen LogP contribution is 2.51. The van der Waals surface area contributed by atoms with Crippen molar-refractivity contribution in [2.75, 3.05) is 0 Å². The van der Waals surface area contributed by atoms with Gasteiger partial charge in [0.15, 0.2) is 0 Å². The number of hydrogen-bond donors (Lipinski definition) is 0. The number of carbonyl (C=O) groups excluding carboxylic acids is 1. The molecule has 1 saturated carbocycles. The predicted molar refractivity (Wildman–Crippen MR) is 81.7 cm³/mol. The number of benzene rings is 2. The van der Waals surface area contributed by atoms with Gasteiger partial charge in [-0.15, -0.1) is 0 Å². The molecule has 1 aliphatic rings. The van der Waals surface area contributed by atoms with Crippen LogP contribution < -0.4 is 0 Å². The summed E-state index contributed by atoms with van der Waals surface area (Å²) in [5, 5.41) is 0. The van der Waals surface area contributed by atoms with Gasteiger partial charge in [-0.1, -0.05) is 42.5 Å².